The minimum atomic E-state index is -0.158. The molecule has 29 heavy (non-hydrogen) atoms. The molecule has 2 aromatic carbocycles. The molecule has 1 aromatic heterocycles. The predicted molar refractivity (Wildman–Crippen MR) is 111 cm³/mol. The van der Waals surface area contributed by atoms with Crippen LogP contribution < -0.4 is 14.8 Å². The van der Waals surface area contributed by atoms with Crippen LogP contribution in [0.4, 0.5) is 5.82 Å². The van der Waals surface area contributed by atoms with E-state index in [4.69, 9.17) is 19.3 Å². The second-order valence-electron chi connectivity index (χ2n) is 7.33. The van der Waals surface area contributed by atoms with Crippen LogP contribution in [0.15, 0.2) is 42.5 Å². The van der Waals surface area contributed by atoms with Gasteiger partial charge in [0.05, 0.1) is 42.3 Å². The molecule has 4 rings (SSSR count). The van der Waals surface area contributed by atoms with Crippen molar-refractivity contribution < 1.29 is 19.0 Å². The molecule has 1 atom stereocenters. The van der Waals surface area contributed by atoms with Gasteiger partial charge in [-0.05, 0) is 56.7 Å². The summed E-state index contributed by atoms with van der Waals surface area (Å²) in [4.78, 5) is 12.7. The average Bonchev–Trinajstić information content (AvgIpc) is 3.37. The molecule has 1 N–H and O–H groups in total. The largest absolute Gasteiger partial charge is 0.497 e. The number of anilines is 1. The summed E-state index contributed by atoms with van der Waals surface area (Å²) in [6.45, 7) is 5.00. The van der Waals surface area contributed by atoms with Crippen molar-refractivity contribution in [1.82, 2.24) is 9.78 Å². The highest BCUT2D eigenvalue weighted by Crippen LogP contribution is 2.35. The van der Waals surface area contributed by atoms with Crippen LogP contribution in [-0.4, -0.2) is 42.1 Å². The van der Waals surface area contributed by atoms with Gasteiger partial charge in [0.1, 0.15) is 11.5 Å². The molecule has 2 heterocycles. The lowest BCUT2D eigenvalue weighted by Gasteiger charge is -2.12. The van der Waals surface area contributed by atoms with Crippen molar-refractivity contribution in [2.24, 2.45) is 5.92 Å². The highest BCUT2D eigenvalue weighted by molar-refractivity contribution is 6.04. The summed E-state index contributed by atoms with van der Waals surface area (Å²) >= 11 is 0. The highest BCUT2D eigenvalue weighted by atomic mass is 16.5. The number of amides is 1. The van der Waals surface area contributed by atoms with Crippen LogP contribution in [0, 0.1) is 5.92 Å². The number of carbonyl (C=O) groups is 1. The summed E-state index contributed by atoms with van der Waals surface area (Å²) in [6, 6.07) is 13.4. The molecule has 7 heteroatoms. The van der Waals surface area contributed by atoms with Crippen molar-refractivity contribution in [1.29, 1.82) is 0 Å². The predicted octanol–water partition coefficient (Wildman–Crippen LogP) is 3.80. The number of rotatable bonds is 6. The molecule has 1 amide bonds. The number of nitrogens with zero attached hydrogens (tertiary/aromatic N) is 2. The zero-order chi connectivity index (χ0) is 20.4. The van der Waals surface area contributed by atoms with Gasteiger partial charge >= 0.3 is 0 Å². The molecule has 3 aromatic rings. The van der Waals surface area contributed by atoms with E-state index in [1.54, 1.807) is 7.11 Å². The Bertz CT molecular complexity index is 1000. The topological polar surface area (TPSA) is 74.6 Å². The summed E-state index contributed by atoms with van der Waals surface area (Å²) in [5.41, 5.74) is 1.72. The Balaban J connectivity index is 1.80. The van der Waals surface area contributed by atoms with Gasteiger partial charge < -0.3 is 19.5 Å². The third-order valence-electron chi connectivity index (χ3n) is 4.89. The first-order valence-electron chi connectivity index (χ1n) is 9.78. The van der Waals surface area contributed by atoms with Gasteiger partial charge in [0.25, 0.3) is 0 Å². The Hall–Kier alpha value is -3.06. The van der Waals surface area contributed by atoms with Gasteiger partial charge in [-0.3, -0.25) is 4.79 Å². The lowest BCUT2D eigenvalue weighted by molar-refractivity contribution is -0.119. The molecule has 0 bridgehead atoms. The smallest absolute Gasteiger partial charge is 0.231 e. The molecule has 1 aliphatic rings. The fourth-order valence-corrected chi connectivity index (χ4v) is 3.46. The Morgan fingerprint density at radius 2 is 2.03 bits per heavy atom. The Morgan fingerprint density at radius 1 is 1.24 bits per heavy atom. The second-order valence-corrected chi connectivity index (χ2v) is 7.33. The minimum Gasteiger partial charge on any atom is -0.497 e. The monoisotopic (exact) mass is 395 g/mol. The summed E-state index contributed by atoms with van der Waals surface area (Å²) in [5, 5.41) is 8.50. The molecule has 0 radical (unpaired) electrons. The normalized spacial score (nSPS) is 16.3. The van der Waals surface area contributed by atoms with Crippen LogP contribution in [0.2, 0.25) is 0 Å². The molecule has 1 saturated heterocycles. The molecule has 0 spiro atoms. The van der Waals surface area contributed by atoms with Crippen molar-refractivity contribution in [3.8, 4) is 17.2 Å². The lowest BCUT2D eigenvalue weighted by atomic mass is 10.1. The van der Waals surface area contributed by atoms with Gasteiger partial charge in [0.15, 0.2) is 5.82 Å². The third-order valence-corrected chi connectivity index (χ3v) is 4.89. The molecule has 0 aliphatic carbocycles. The Labute approximate surface area is 169 Å². The van der Waals surface area contributed by atoms with Crippen LogP contribution in [-0.2, 0) is 9.53 Å². The quantitative estimate of drug-likeness (QED) is 0.687. The average molecular weight is 395 g/mol. The molecular formula is C22H25N3O4. The second kappa shape index (κ2) is 8.13. The van der Waals surface area contributed by atoms with E-state index in [0.717, 1.165) is 28.8 Å². The standard InChI is InChI=1S/C22H25N3O4/c1-14(2)29-19-6-4-5-18-20(19)21(23-22(26)15-11-12-28-13-15)24-25(18)16-7-9-17(27-3)10-8-16/h4-10,14-15H,11-13H2,1-3H3,(H,23,24,26)/t15-/m0/s1. The van der Waals surface area contributed by atoms with Crippen molar-refractivity contribution in [3.05, 3.63) is 42.5 Å². The molecule has 0 unspecified atom stereocenters. The van der Waals surface area contributed by atoms with Gasteiger partial charge in [-0.2, -0.15) is 0 Å². The van der Waals surface area contributed by atoms with Gasteiger partial charge in [0, 0.05) is 6.61 Å². The summed E-state index contributed by atoms with van der Waals surface area (Å²) in [6.07, 6.45) is 0.718. The fourth-order valence-electron chi connectivity index (χ4n) is 3.46. The highest BCUT2D eigenvalue weighted by Gasteiger charge is 2.26. The number of aromatic nitrogens is 2. The van der Waals surface area contributed by atoms with Gasteiger partial charge in [0.2, 0.25) is 5.91 Å². The van der Waals surface area contributed by atoms with E-state index in [2.05, 4.69) is 5.32 Å². The maximum Gasteiger partial charge on any atom is 0.231 e. The van der Waals surface area contributed by atoms with Crippen LogP contribution in [0.5, 0.6) is 11.5 Å². The number of nitrogens with one attached hydrogen (secondary N) is 1. The number of carbonyl (C=O) groups excluding carboxylic acids is 1. The number of methoxy groups -OCH3 is 1. The van der Waals surface area contributed by atoms with Crippen LogP contribution in [0.25, 0.3) is 16.6 Å². The zero-order valence-electron chi connectivity index (χ0n) is 16.8. The SMILES string of the molecule is COc1ccc(-n2nc(NC(=O)[C@H]3CCOC3)c3c(OC(C)C)cccc32)cc1. The first-order valence-corrected chi connectivity index (χ1v) is 9.78. The Morgan fingerprint density at radius 3 is 2.69 bits per heavy atom. The fraction of sp³-hybridized carbons (Fsp3) is 0.364. The number of hydrogen-bond acceptors (Lipinski definition) is 5. The van der Waals surface area contributed by atoms with Crippen LogP contribution >= 0.6 is 0 Å². The van der Waals surface area contributed by atoms with Crippen molar-refractivity contribution in [3.63, 3.8) is 0 Å². The van der Waals surface area contributed by atoms with E-state index < -0.39 is 0 Å². The van der Waals surface area contributed by atoms with E-state index in [-0.39, 0.29) is 17.9 Å². The molecule has 1 aliphatic heterocycles. The maximum atomic E-state index is 12.7. The van der Waals surface area contributed by atoms with Gasteiger partial charge in [-0.15, -0.1) is 5.10 Å². The summed E-state index contributed by atoms with van der Waals surface area (Å²) < 4.78 is 18.4. The van der Waals surface area contributed by atoms with Crippen molar-refractivity contribution in [2.45, 2.75) is 26.4 Å². The lowest BCUT2D eigenvalue weighted by Crippen LogP contribution is -2.23. The molecule has 152 valence electrons. The van der Waals surface area contributed by atoms with E-state index in [0.29, 0.717) is 24.8 Å². The van der Waals surface area contributed by atoms with E-state index in [1.165, 1.54) is 0 Å². The van der Waals surface area contributed by atoms with Gasteiger partial charge in [-0.25, -0.2) is 4.68 Å². The van der Waals surface area contributed by atoms with E-state index in [1.807, 2.05) is 61.0 Å². The first-order chi connectivity index (χ1) is 14.1. The molecule has 7 nitrogen and oxygen atoms in total. The number of ether oxygens (including phenoxy) is 3. The molecular weight excluding hydrogens is 370 g/mol. The number of fused-ring (bicyclic) bond motifs is 1. The summed E-state index contributed by atoms with van der Waals surface area (Å²) in [5.74, 6) is 1.71. The number of hydrogen-bond donors (Lipinski definition) is 1. The maximum absolute atomic E-state index is 12.7. The Kier molecular flexibility index (Phi) is 5.40. The van der Waals surface area contributed by atoms with Gasteiger partial charge in [-0.1, -0.05) is 6.07 Å². The summed E-state index contributed by atoms with van der Waals surface area (Å²) in [7, 11) is 1.63. The molecule has 1 fully saturated rings. The van der Waals surface area contributed by atoms with Crippen molar-refractivity contribution in [2.75, 3.05) is 25.6 Å². The third kappa shape index (κ3) is 3.91. The first kappa shape index (κ1) is 19.3. The number of benzene rings is 2. The zero-order valence-corrected chi connectivity index (χ0v) is 16.8. The molecule has 0 saturated carbocycles. The minimum absolute atomic E-state index is 0.00304. The van der Waals surface area contributed by atoms with Crippen molar-refractivity contribution >= 4 is 22.6 Å². The van der Waals surface area contributed by atoms with Crippen LogP contribution in [0.3, 0.4) is 0 Å². The van der Waals surface area contributed by atoms with E-state index in [9.17, 15) is 4.79 Å². The van der Waals surface area contributed by atoms with Crippen LogP contribution in [0.1, 0.15) is 20.3 Å². The van der Waals surface area contributed by atoms with E-state index >= 15 is 0 Å².